The van der Waals surface area contributed by atoms with Gasteiger partial charge < -0.3 is 10.2 Å². The maximum absolute atomic E-state index is 13.4. The second kappa shape index (κ2) is 11.6. The molecule has 1 saturated heterocycles. The lowest BCUT2D eigenvalue weighted by molar-refractivity contribution is -0.133. The summed E-state index contributed by atoms with van der Waals surface area (Å²) in [6.07, 6.45) is 5.35. The van der Waals surface area contributed by atoms with Crippen LogP contribution in [0.25, 0.3) is 11.1 Å². The summed E-state index contributed by atoms with van der Waals surface area (Å²) in [4.78, 5) is 19.9. The van der Waals surface area contributed by atoms with Gasteiger partial charge in [-0.3, -0.25) is 9.78 Å². The summed E-state index contributed by atoms with van der Waals surface area (Å²) in [5.41, 5.74) is 4.37. The number of carbonyl (C=O) groups excluding carboxylic acids is 1. The van der Waals surface area contributed by atoms with Crippen molar-refractivity contribution in [2.24, 2.45) is 0 Å². The Bertz CT molecular complexity index is 924. The largest absolute Gasteiger partial charge is 0.333 e. The maximum Gasteiger partial charge on any atom is 0.227 e. The molecule has 0 aliphatic carbocycles. The molecule has 0 spiro atoms. The van der Waals surface area contributed by atoms with Crippen LogP contribution in [-0.2, 0) is 17.8 Å². The van der Waals surface area contributed by atoms with Gasteiger partial charge in [0, 0.05) is 12.2 Å². The Labute approximate surface area is 191 Å². The molecule has 1 aromatic heterocycles. The molecule has 0 radical (unpaired) electrons. The average Bonchev–Trinajstić information content (AvgIpc) is 3.09. The van der Waals surface area contributed by atoms with Crippen LogP contribution in [0.5, 0.6) is 0 Å². The minimum atomic E-state index is 0. The predicted octanol–water partition coefficient (Wildman–Crippen LogP) is 4.88. The van der Waals surface area contributed by atoms with Crippen LogP contribution in [0.1, 0.15) is 30.5 Å². The van der Waals surface area contributed by atoms with E-state index in [1.165, 1.54) is 11.1 Å². The molecule has 0 bridgehead atoms. The molecule has 1 aliphatic rings. The van der Waals surface area contributed by atoms with Gasteiger partial charge in [-0.1, -0.05) is 60.7 Å². The Kier molecular flexibility index (Phi) is 8.63. The number of hydrogen-bond acceptors (Lipinski definition) is 3. The van der Waals surface area contributed by atoms with Crippen LogP contribution in [0.4, 0.5) is 0 Å². The number of hydrogen-bond donors (Lipinski definition) is 1. The summed E-state index contributed by atoms with van der Waals surface area (Å²) in [5.74, 6) is 0.181. The van der Waals surface area contributed by atoms with E-state index < -0.39 is 0 Å². The molecule has 2 heterocycles. The van der Waals surface area contributed by atoms with Crippen LogP contribution in [-0.4, -0.2) is 34.9 Å². The van der Waals surface area contributed by atoms with E-state index >= 15 is 0 Å². The zero-order valence-electron chi connectivity index (χ0n) is 17.7. The zero-order valence-corrected chi connectivity index (χ0v) is 18.6. The number of aromatic nitrogens is 1. The highest BCUT2D eigenvalue weighted by Crippen LogP contribution is 2.21. The minimum absolute atomic E-state index is 0. The summed E-state index contributed by atoms with van der Waals surface area (Å²) in [6, 6.07) is 24.9. The van der Waals surface area contributed by atoms with Gasteiger partial charge in [0.1, 0.15) is 0 Å². The molecular formula is C26H30ClN3O. The van der Waals surface area contributed by atoms with Crippen LogP contribution in [0.2, 0.25) is 0 Å². The van der Waals surface area contributed by atoms with Crippen LogP contribution < -0.4 is 5.32 Å². The number of amides is 1. The van der Waals surface area contributed by atoms with Gasteiger partial charge in [-0.2, -0.15) is 0 Å². The maximum atomic E-state index is 13.4. The van der Waals surface area contributed by atoms with E-state index in [2.05, 4.69) is 51.6 Å². The van der Waals surface area contributed by atoms with E-state index in [-0.39, 0.29) is 24.4 Å². The second-order valence-corrected chi connectivity index (χ2v) is 7.92. The van der Waals surface area contributed by atoms with E-state index in [4.69, 9.17) is 0 Å². The SMILES string of the molecule is Cl.O=C(Cc1ccc(-c2ccccc2)cc1)N(Cc1ccccn1)C1CCCNCC1. The van der Waals surface area contributed by atoms with Crippen LogP contribution in [0, 0.1) is 0 Å². The summed E-state index contributed by atoms with van der Waals surface area (Å²) in [5, 5.41) is 3.45. The van der Waals surface area contributed by atoms with Crippen LogP contribution in [0.15, 0.2) is 79.0 Å². The Morgan fingerprint density at radius 3 is 2.39 bits per heavy atom. The third-order valence-corrected chi connectivity index (χ3v) is 5.78. The molecule has 1 atom stereocenters. The van der Waals surface area contributed by atoms with Gasteiger partial charge in [0.2, 0.25) is 5.91 Å². The van der Waals surface area contributed by atoms with Crippen molar-refractivity contribution in [2.75, 3.05) is 13.1 Å². The Hall–Kier alpha value is -2.69. The standard InChI is InChI=1S/C26H29N3O.ClH/c30-26(19-21-11-13-23(14-12-21)22-7-2-1-3-8-22)29(20-24-9-4-5-17-28-24)25-10-6-16-27-18-15-25;/h1-5,7-9,11-14,17,25,27H,6,10,15-16,18-20H2;1H. The third-order valence-electron chi connectivity index (χ3n) is 5.78. The van der Waals surface area contributed by atoms with Gasteiger partial charge >= 0.3 is 0 Å². The number of benzene rings is 2. The Morgan fingerprint density at radius 1 is 0.903 bits per heavy atom. The predicted molar refractivity (Wildman–Crippen MR) is 128 cm³/mol. The number of pyridine rings is 1. The smallest absolute Gasteiger partial charge is 0.227 e. The van der Waals surface area contributed by atoms with Gasteiger partial charge in [-0.15, -0.1) is 12.4 Å². The normalized spacial score (nSPS) is 16.1. The van der Waals surface area contributed by atoms with Gasteiger partial charge in [0.05, 0.1) is 18.7 Å². The van der Waals surface area contributed by atoms with Crippen molar-refractivity contribution in [2.45, 2.75) is 38.3 Å². The molecule has 0 saturated carbocycles. The molecule has 4 nitrogen and oxygen atoms in total. The summed E-state index contributed by atoms with van der Waals surface area (Å²) in [7, 11) is 0. The molecule has 162 valence electrons. The first-order valence-electron chi connectivity index (χ1n) is 10.8. The van der Waals surface area contributed by atoms with E-state index in [9.17, 15) is 4.79 Å². The molecule has 1 amide bonds. The lowest BCUT2D eigenvalue weighted by Gasteiger charge is -2.31. The molecule has 3 aromatic rings. The van der Waals surface area contributed by atoms with Crippen molar-refractivity contribution < 1.29 is 4.79 Å². The van der Waals surface area contributed by atoms with E-state index in [0.29, 0.717) is 13.0 Å². The first kappa shape index (κ1) is 23.0. The van der Waals surface area contributed by atoms with Gasteiger partial charge in [0.25, 0.3) is 0 Å². The second-order valence-electron chi connectivity index (χ2n) is 7.92. The molecule has 1 aliphatic heterocycles. The molecule has 31 heavy (non-hydrogen) atoms. The first-order chi connectivity index (χ1) is 14.8. The highest BCUT2D eigenvalue weighted by molar-refractivity contribution is 5.85. The molecule has 1 fully saturated rings. The summed E-state index contributed by atoms with van der Waals surface area (Å²) >= 11 is 0. The van der Waals surface area contributed by atoms with Crippen LogP contribution >= 0.6 is 12.4 Å². The van der Waals surface area contributed by atoms with Gasteiger partial charge in [-0.25, -0.2) is 0 Å². The lowest BCUT2D eigenvalue weighted by atomic mass is 10.0. The quantitative estimate of drug-likeness (QED) is 0.600. The fourth-order valence-corrected chi connectivity index (χ4v) is 4.12. The minimum Gasteiger partial charge on any atom is -0.333 e. The molecule has 1 N–H and O–H groups in total. The van der Waals surface area contributed by atoms with Gasteiger partial charge in [-0.05, 0) is 61.2 Å². The number of halogens is 1. The van der Waals surface area contributed by atoms with Crippen molar-refractivity contribution >= 4 is 18.3 Å². The summed E-state index contributed by atoms with van der Waals surface area (Å²) in [6.45, 7) is 2.57. The fourth-order valence-electron chi connectivity index (χ4n) is 4.12. The third kappa shape index (κ3) is 6.39. The van der Waals surface area contributed by atoms with Crippen LogP contribution in [0.3, 0.4) is 0 Å². The van der Waals surface area contributed by atoms with E-state index in [0.717, 1.165) is 43.6 Å². The monoisotopic (exact) mass is 435 g/mol. The summed E-state index contributed by atoms with van der Waals surface area (Å²) < 4.78 is 0. The van der Waals surface area contributed by atoms with Crippen molar-refractivity contribution in [3.05, 3.63) is 90.3 Å². The number of nitrogens with one attached hydrogen (secondary N) is 1. The number of rotatable bonds is 6. The molecule has 2 aromatic carbocycles. The van der Waals surface area contributed by atoms with Crippen molar-refractivity contribution in [1.82, 2.24) is 15.2 Å². The van der Waals surface area contributed by atoms with E-state index in [1.54, 1.807) is 6.20 Å². The highest BCUT2D eigenvalue weighted by atomic mass is 35.5. The number of carbonyl (C=O) groups is 1. The molecular weight excluding hydrogens is 406 g/mol. The molecule has 4 rings (SSSR count). The van der Waals surface area contributed by atoms with Crippen molar-refractivity contribution in [1.29, 1.82) is 0 Å². The first-order valence-corrected chi connectivity index (χ1v) is 10.8. The lowest BCUT2D eigenvalue weighted by Crippen LogP contribution is -2.41. The molecule has 5 heteroatoms. The van der Waals surface area contributed by atoms with E-state index in [1.807, 2.05) is 36.4 Å². The molecule has 1 unspecified atom stereocenters. The zero-order chi connectivity index (χ0) is 20.6. The van der Waals surface area contributed by atoms with Gasteiger partial charge in [0.15, 0.2) is 0 Å². The Morgan fingerprint density at radius 2 is 1.65 bits per heavy atom. The number of nitrogens with zero attached hydrogens (tertiary/aromatic N) is 2. The fraction of sp³-hybridized carbons (Fsp3) is 0.308. The Balaban J connectivity index is 0.00000272. The topological polar surface area (TPSA) is 45.2 Å². The van der Waals surface area contributed by atoms with Crippen molar-refractivity contribution in [3.63, 3.8) is 0 Å². The van der Waals surface area contributed by atoms with Crippen molar-refractivity contribution in [3.8, 4) is 11.1 Å². The average molecular weight is 436 g/mol. The highest BCUT2D eigenvalue weighted by Gasteiger charge is 2.25.